The quantitative estimate of drug-likeness (QED) is 0.264. The number of benzene rings is 3. The van der Waals surface area contributed by atoms with Crippen molar-refractivity contribution in [2.45, 2.75) is 13.5 Å². The van der Waals surface area contributed by atoms with Crippen molar-refractivity contribution in [3.63, 3.8) is 0 Å². The van der Waals surface area contributed by atoms with Crippen LogP contribution in [-0.2, 0) is 16.2 Å². The molecule has 2 N–H and O–H groups in total. The molecule has 3 rings (SSSR count). The summed E-state index contributed by atoms with van der Waals surface area (Å²) in [6.07, 6.45) is 0. The van der Waals surface area contributed by atoms with Gasteiger partial charge in [-0.2, -0.15) is 5.10 Å². The lowest BCUT2D eigenvalue weighted by molar-refractivity contribution is -0.136. The molecule has 0 atom stereocenters. The first-order valence-electron chi connectivity index (χ1n) is 9.41. The molecule has 164 valence electrons. The van der Waals surface area contributed by atoms with Crippen molar-refractivity contribution in [3.8, 4) is 5.75 Å². The number of anilines is 1. The molecule has 0 heterocycles. The van der Waals surface area contributed by atoms with Crippen molar-refractivity contribution in [2.75, 3.05) is 5.32 Å². The molecular weight excluding hydrogens is 473 g/mol. The lowest BCUT2D eigenvalue weighted by atomic mass is 10.1. The molecule has 2 amide bonds. The topological polar surface area (TPSA) is 79.8 Å². The molecule has 6 nitrogen and oxygen atoms in total. The molecule has 9 heteroatoms. The van der Waals surface area contributed by atoms with Crippen LogP contribution in [0, 0.1) is 0 Å². The Balaban J connectivity index is 1.55. The van der Waals surface area contributed by atoms with Gasteiger partial charge in [0.2, 0.25) is 0 Å². The van der Waals surface area contributed by atoms with Crippen molar-refractivity contribution < 1.29 is 14.3 Å². The number of hydrogen-bond acceptors (Lipinski definition) is 4. The van der Waals surface area contributed by atoms with E-state index in [-0.39, 0.29) is 6.61 Å². The second kappa shape index (κ2) is 11.0. The minimum atomic E-state index is -0.893. The van der Waals surface area contributed by atoms with Crippen molar-refractivity contribution in [1.29, 1.82) is 0 Å². The summed E-state index contributed by atoms with van der Waals surface area (Å²) in [7, 11) is 0. The van der Waals surface area contributed by atoms with Crippen LogP contribution in [0.2, 0.25) is 15.1 Å². The number of halogens is 3. The third-order valence-electron chi connectivity index (χ3n) is 4.35. The van der Waals surface area contributed by atoms with Crippen LogP contribution in [0.15, 0.2) is 71.8 Å². The second-order valence-corrected chi connectivity index (χ2v) is 7.86. The summed E-state index contributed by atoms with van der Waals surface area (Å²) in [4.78, 5) is 23.9. The summed E-state index contributed by atoms with van der Waals surface area (Å²) in [5, 5.41) is 8.03. The summed E-state index contributed by atoms with van der Waals surface area (Å²) in [5.41, 5.74) is 4.64. The van der Waals surface area contributed by atoms with E-state index in [4.69, 9.17) is 39.5 Å². The highest BCUT2D eigenvalue weighted by Crippen LogP contribution is 2.26. The summed E-state index contributed by atoms with van der Waals surface area (Å²) in [6, 6.07) is 18.7. The highest BCUT2D eigenvalue weighted by molar-refractivity contribution is 6.39. The molecule has 0 aliphatic rings. The number of ether oxygens (including phenoxy) is 1. The van der Waals surface area contributed by atoms with Crippen LogP contribution in [0.25, 0.3) is 0 Å². The number of amides is 2. The molecule has 32 heavy (non-hydrogen) atoms. The number of carbonyl (C=O) groups is 2. The zero-order valence-corrected chi connectivity index (χ0v) is 19.1. The maximum atomic E-state index is 12.0. The molecule has 3 aromatic rings. The van der Waals surface area contributed by atoms with E-state index in [9.17, 15) is 9.59 Å². The van der Waals surface area contributed by atoms with Gasteiger partial charge in [-0.25, -0.2) is 5.43 Å². The molecule has 0 saturated heterocycles. The van der Waals surface area contributed by atoms with E-state index in [2.05, 4.69) is 15.8 Å². The Labute approximate surface area is 200 Å². The van der Waals surface area contributed by atoms with Gasteiger partial charge in [0.1, 0.15) is 12.4 Å². The van der Waals surface area contributed by atoms with E-state index in [1.165, 1.54) is 0 Å². The van der Waals surface area contributed by atoms with Gasteiger partial charge in [0, 0.05) is 26.3 Å². The summed E-state index contributed by atoms with van der Waals surface area (Å²) in [5.74, 6) is -1.12. The molecule has 0 unspecified atom stereocenters. The Morgan fingerprint density at radius 1 is 0.875 bits per heavy atom. The van der Waals surface area contributed by atoms with Gasteiger partial charge in [0.05, 0.1) is 5.71 Å². The second-order valence-electron chi connectivity index (χ2n) is 6.61. The standard InChI is InChI=1S/C23H18Cl3N3O3/c1-14(28-29-23(31)22(30)27-17-9-7-16(24)8-10-17)15-5-11-18(12-6-15)32-13-19-20(25)3-2-4-21(19)26/h2-12H,13H2,1H3,(H,27,30)(H,29,31)/b28-14+. The third kappa shape index (κ3) is 6.47. The molecule has 3 aromatic carbocycles. The summed E-state index contributed by atoms with van der Waals surface area (Å²) >= 11 is 18.1. The first-order valence-corrected chi connectivity index (χ1v) is 10.5. The number of nitrogens with one attached hydrogen (secondary N) is 2. The Morgan fingerprint density at radius 3 is 2.12 bits per heavy atom. The van der Waals surface area contributed by atoms with Crippen LogP contribution in [0.4, 0.5) is 5.69 Å². The Bertz CT molecular complexity index is 1130. The van der Waals surface area contributed by atoms with Gasteiger partial charge in [-0.1, -0.05) is 40.9 Å². The number of carbonyl (C=O) groups excluding carboxylic acids is 2. The smallest absolute Gasteiger partial charge is 0.329 e. The maximum absolute atomic E-state index is 12.0. The van der Waals surface area contributed by atoms with Gasteiger partial charge < -0.3 is 10.1 Å². The fraction of sp³-hybridized carbons (Fsp3) is 0.0870. The number of nitrogens with zero attached hydrogens (tertiary/aromatic N) is 1. The first kappa shape index (κ1) is 23.6. The monoisotopic (exact) mass is 489 g/mol. The molecule has 0 saturated carbocycles. The van der Waals surface area contributed by atoms with Crippen LogP contribution in [0.5, 0.6) is 5.75 Å². The van der Waals surface area contributed by atoms with Crippen molar-refractivity contribution in [3.05, 3.63) is 92.9 Å². The minimum Gasteiger partial charge on any atom is -0.489 e. The van der Waals surface area contributed by atoms with Crippen molar-refractivity contribution in [1.82, 2.24) is 5.43 Å². The maximum Gasteiger partial charge on any atom is 0.329 e. The van der Waals surface area contributed by atoms with Gasteiger partial charge >= 0.3 is 11.8 Å². The van der Waals surface area contributed by atoms with Crippen LogP contribution in [-0.4, -0.2) is 17.5 Å². The van der Waals surface area contributed by atoms with E-state index in [1.54, 1.807) is 73.7 Å². The van der Waals surface area contributed by atoms with Gasteiger partial charge in [-0.05, 0) is 73.2 Å². The van der Waals surface area contributed by atoms with E-state index in [1.807, 2.05) is 0 Å². The van der Waals surface area contributed by atoms with E-state index >= 15 is 0 Å². The highest BCUT2D eigenvalue weighted by atomic mass is 35.5. The Kier molecular flexibility index (Phi) is 8.11. The van der Waals surface area contributed by atoms with Gasteiger partial charge in [0.25, 0.3) is 0 Å². The average Bonchev–Trinajstić information content (AvgIpc) is 2.78. The number of hydrogen-bond donors (Lipinski definition) is 2. The van der Waals surface area contributed by atoms with E-state index in [0.717, 1.165) is 5.56 Å². The lowest BCUT2D eigenvalue weighted by Gasteiger charge is -2.10. The fourth-order valence-electron chi connectivity index (χ4n) is 2.59. The van der Waals surface area contributed by atoms with Gasteiger partial charge in [-0.15, -0.1) is 0 Å². The third-order valence-corrected chi connectivity index (χ3v) is 5.31. The average molecular weight is 491 g/mol. The molecule has 0 aliphatic carbocycles. The van der Waals surface area contributed by atoms with Gasteiger partial charge in [-0.3, -0.25) is 9.59 Å². The predicted molar refractivity (Wildman–Crippen MR) is 128 cm³/mol. The molecule has 0 bridgehead atoms. The SMILES string of the molecule is C/C(=N\NC(=O)C(=O)Nc1ccc(Cl)cc1)c1ccc(OCc2c(Cl)cccc2Cl)cc1. The van der Waals surface area contributed by atoms with Crippen LogP contribution >= 0.6 is 34.8 Å². The zero-order chi connectivity index (χ0) is 23.1. The summed E-state index contributed by atoms with van der Waals surface area (Å²) in [6.45, 7) is 1.93. The Hall–Kier alpha value is -3.06. The van der Waals surface area contributed by atoms with Crippen LogP contribution in [0.1, 0.15) is 18.1 Å². The van der Waals surface area contributed by atoms with Crippen molar-refractivity contribution >= 4 is 58.0 Å². The molecule has 0 radical (unpaired) electrons. The fourth-order valence-corrected chi connectivity index (χ4v) is 3.22. The molecule has 0 aliphatic heterocycles. The largest absolute Gasteiger partial charge is 0.489 e. The minimum absolute atomic E-state index is 0.226. The van der Waals surface area contributed by atoms with Crippen molar-refractivity contribution in [2.24, 2.45) is 5.10 Å². The first-order chi connectivity index (χ1) is 15.3. The Morgan fingerprint density at radius 2 is 1.50 bits per heavy atom. The van der Waals surface area contributed by atoms with Crippen LogP contribution < -0.4 is 15.5 Å². The number of rotatable bonds is 6. The highest BCUT2D eigenvalue weighted by Gasteiger charge is 2.13. The number of hydrazone groups is 1. The molecule has 0 fully saturated rings. The molecule has 0 spiro atoms. The van der Waals surface area contributed by atoms with E-state index < -0.39 is 11.8 Å². The predicted octanol–water partition coefficient (Wildman–Crippen LogP) is 5.70. The van der Waals surface area contributed by atoms with E-state index in [0.29, 0.717) is 37.8 Å². The molecule has 0 aromatic heterocycles. The summed E-state index contributed by atoms with van der Waals surface area (Å²) < 4.78 is 5.74. The lowest BCUT2D eigenvalue weighted by Crippen LogP contribution is -2.32. The zero-order valence-electron chi connectivity index (χ0n) is 16.9. The van der Waals surface area contributed by atoms with Crippen LogP contribution in [0.3, 0.4) is 0 Å². The normalized spacial score (nSPS) is 11.1. The molecular formula is C23H18Cl3N3O3. The van der Waals surface area contributed by atoms with Gasteiger partial charge in [0.15, 0.2) is 0 Å².